The first-order chi connectivity index (χ1) is 14.7. The Balaban J connectivity index is 1.29. The Bertz CT molecular complexity index is 992. The van der Waals surface area contributed by atoms with Gasteiger partial charge in [0.2, 0.25) is 0 Å². The van der Waals surface area contributed by atoms with E-state index in [1.807, 2.05) is 30.2 Å². The van der Waals surface area contributed by atoms with Crippen LogP contribution in [0.25, 0.3) is 10.9 Å². The second-order valence-electron chi connectivity index (χ2n) is 8.11. The smallest absolute Gasteiger partial charge is 0.148 e. The number of hydrogen-bond acceptors (Lipinski definition) is 7. The summed E-state index contributed by atoms with van der Waals surface area (Å²) in [5.74, 6) is 1.83. The van der Waals surface area contributed by atoms with Crippen LogP contribution in [0, 0.1) is 0 Å². The number of morpholine rings is 1. The highest BCUT2D eigenvalue weighted by Gasteiger charge is 2.24. The van der Waals surface area contributed by atoms with Crippen LogP contribution in [0.5, 0.6) is 5.75 Å². The van der Waals surface area contributed by atoms with Gasteiger partial charge in [-0.15, -0.1) is 0 Å². The second kappa shape index (κ2) is 8.47. The van der Waals surface area contributed by atoms with Crippen molar-refractivity contribution in [3.63, 3.8) is 0 Å². The van der Waals surface area contributed by atoms with Crippen molar-refractivity contribution in [1.29, 1.82) is 0 Å². The zero-order valence-corrected chi connectivity index (χ0v) is 17.3. The third-order valence-electron chi connectivity index (χ3n) is 5.98. The van der Waals surface area contributed by atoms with Crippen molar-refractivity contribution in [3.8, 4) is 5.75 Å². The summed E-state index contributed by atoms with van der Waals surface area (Å²) in [5.41, 5.74) is 2.07. The van der Waals surface area contributed by atoms with Crippen molar-refractivity contribution in [2.24, 2.45) is 7.05 Å². The van der Waals surface area contributed by atoms with Crippen LogP contribution >= 0.6 is 0 Å². The minimum atomic E-state index is 0.204. The molecule has 0 amide bonds. The number of fused-ring (bicyclic) bond motifs is 1. The molecule has 0 radical (unpaired) electrons. The van der Waals surface area contributed by atoms with Crippen molar-refractivity contribution in [2.75, 3.05) is 36.5 Å². The molecule has 30 heavy (non-hydrogen) atoms. The molecule has 1 saturated heterocycles. The van der Waals surface area contributed by atoms with Gasteiger partial charge in [-0.25, -0.2) is 9.97 Å². The van der Waals surface area contributed by atoms with Crippen LogP contribution in [-0.2, 0) is 11.8 Å². The third-order valence-corrected chi connectivity index (χ3v) is 5.98. The highest BCUT2D eigenvalue weighted by Crippen LogP contribution is 2.34. The predicted molar refractivity (Wildman–Crippen MR) is 116 cm³/mol. The molecular weight excluding hydrogens is 380 g/mol. The molecule has 2 aliphatic rings. The molecule has 5 rings (SSSR count). The van der Waals surface area contributed by atoms with E-state index in [1.165, 1.54) is 0 Å². The number of nitrogens with one attached hydrogen (secondary N) is 1. The Morgan fingerprint density at radius 2 is 1.97 bits per heavy atom. The first-order valence-corrected chi connectivity index (χ1v) is 10.7. The van der Waals surface area contributed by atoms with E-state index in [0.29, 0.717) is 6.04 Å². The number of hydrogen-bond donors (Lipinski definition) is 1. The summed E-state index contributed by atoms with van der Waals surface area (Å²) in [6.45, 7) is 3.29. The van der Waals surface area contributed by atoms with Gasteiger partial charge in [0.25, 0.3) is 0 Å². The molecule has 1 N–H and O–H groups in total. The van der Waals surface area contributed by atoms with Gasteiger partial charge in [-0.3, -0.25) is 4.68 Å². The molecule has 3 heterocycles. The summed E-state index contributed by atoms with van der Waals surface area (Å²) >= 11 is 0. The lowest BCUT2D eigenvalue weighted by molar-refractivity contribution is 0.122. The molecule has 158 valence electrons. The lowest BCUT2D eigenvalue weighted by Crippen LogP contribution is -2.36. The normalized spacial score (nSPS) is 22.2. The predicted octanol–water partition coefficient (Wildman–Crippen LogP) is 3.00. The highest BCUT2D eigenvalue weighted by atomic mass is 16.5. The van der Waals surface area contributed by atoms with E-state index in [1.54, 1.807) is 6.33 Å². The van der Waals surface area contributed by atoms with Crippen molar-refractivity contribution in [2.45, 2.75) is 37.8 Å². The number of aromatic nitrogens is 4. The van der Waals surface area contributed by atoms with E-state index >= 15 is 0 Å². The van der Waals surface area contributed by atoms with E-state index in [9.17, 15) is 0 Å². The van der Waals surface area contributed by atoms with E-state index in [-0.39, 0.29) is 6.10 Å². The Morgan fingerprint density at radius 1 is 1.13 bits per heavy atom. The Kier molecular flexibility index (Phi) is 5.40. The van der Waals surface area contributed by atoms with Gasteiger partial charge in [0.05, 0.1) is 30.2 Å². The van der Waals surface area contributed by atoms with E-state index < -0.39 is 0 Å². The molecular formula is C22H28N6O2. The van der Waals surface area contributed by atoms with Crippen molar-refractivity contribution in [3.05, 3.63) is 36.9 Å². The summed E-state index contributed by atoms with van der Waals surface area (Å²) < 4.78 is 13.8. The molecule has 2 aromatic heterocycles. The topological polar surface area (TPSA) is 77.3 Å². The summed E-state index contributed by atoms with van der Waals surface area (Å²) in [4.78, 5) is 11.0. The van der Waals surface area contributed by atoms with E-state index in [4.69, 9.17) is 9.47 Å². The van der Waals surface area contributed by atoms with Gasteiger partial charge >= 0.3 is 0 Å². The molecule has 0 atom stereocenters. The highest BCUT2D eigenvalue weighted by molar-refractivity contribution is 5.88. The van der Waals surface area contributed by atoms with Crippen LogP contribution in [0.4, 0.5) is 11.5 Å². The largest absolute Gasteiger partial charge is 0.490 e. The Hall–Kier alpha value is -2.87. The van der Waals surface area contributed by atoms with Crippen molar-refractivity contribution >= 4 is 22.4 Å². The molecule has 8 nitrogen and oxygen atoms in total. The van der Waals surface area contributed by atoms with Crippen LogP contribution in [0.3, 0.4) is 0 Å². The lowest BCUT2D eigenvalue weighted by atomic mass is 9.93. The molecule has 2 fully saturated rings. The van der Waals surface area contributed by atoms with Gasteiger partial charge in [0, 0.05) is 56.4 Å². The minimum Gasteiger partial charge on any atom is -0.490 e. The maximum atomic E-state index is 6.52. The standard InChI is InChI=1S/C22H28N6O2/c1-27-7-6-22(26-27)25-16-2-4-18(5-3-16)30-21-13-17(28-8-10-29-11-9-28)12-20-19(21)14-23-15-24-20/h6-7,12-16,18H,2-5,8-11H2,1H3,(H,25,26)/t16-,18+. The number of anilines is 2. The molecule has 1 aliphatic heterocycles. The van der Waals surface area contributed by atoms with Gasteiger partial charge < -0.3 is 19.7 Å². The van der Waals surface area contributed by atoms with Gasteiger partial charge in [-0.2, -0.15) is 5.10 Å². The van der Waals surface area contributed by atoms with Gasteiger partial charge in [-0.1, -0.05) is 0 Å². The zero-order chi connectivity index (χ0) is 20.3. The molecule has 0 spiro atoms. The van der Waals surface area contributed by atoms with Crippen LogP contribution in [0.15, 0.2) is 36.9 Å². The Morgan fingerprint density at radius 3 is 2.73 bits per heavy atom. The van der Waals surface area contributed by atoms with Crippen LogP contribution < -0.4 is 15.0 Å². The molecule has 0 unspecified atom stereocenters. The summed E-state index contributed by atoms with van der Waals surface area (Å²) in [6.07, 6.45) is 9.79. The maximum absolute atomic E-state index is 6.52. The van der Waals surface area contributed by atoms with E-state index in [2.05, 4.69) is 37.4 Å². The van der Waals surface area contributed by atoms with Crippen molar-refractivity contribution < 1.29 is 9.47 Å². The molecule has 1 aromatic carbocycles. The fourth-order valence-corrected chi connectivity index (χ4v) is 4.35. The quantitative estimate of drug-likeness (QED) is 0.695. The molecule has 0 bridgehead atoms. The number of rotatable bonds is 5. The van der Waals surface area contributed by atoms with Gasteiger partial charge in [0.15, 0.2) is 0 Å². The average Bonchev–Trinajstić information content (AvgIpc) is 3.20. The number of ether oxygens (including phenoxy) is 2. The Labute approximate surface area is 176 Å². The number of benzene rings is 1. The molecule has 1 aliphatic carbocycles. The average molecular weight is 409 g/mol. The minimum absolute atomic E-state index is 0.204. The number of aryl methyl sites for hydroxylation is 1. The molecule has 8 heteroatoms. The van der Waals surface area contributed by atoms with Crippen LogP contribution in [-0.4, -0.2) is 58.2 Å². The summed E-state index contributed by atoms with van der Waals surface area (Å²) in [6, 6.07) is 6.74. The summed E-state index contributed by atoms with van der Waals surface area (Å²) in [5, 5.41) is 8.94. The zero-order valence-electron chi connectivity index (χ0n) is 17.3. The van der Waals surface area contributed by atoms with Crippen molar-refractivity contribution in [1.82, 2.24) is 19.7 Å². The second-order valence-corrected chi connectivity index (χ2v) is 8.11. The molecule has 1 saturated carbocycles. The maximum Gasteiger partial charge on any atom is 0.148 e. The number of nitrogens with zero attached hydrogens (tertiary/aromatic N) is 5. The van der Waals surface area contributed by atoms with Crippen LogP contribution in [0.2, 0.25) is 0 Å². The lowest BCUT2D eigenvalue weighted by Gasteiger charge is -2.31. The first-order valence-electron chi connectivity index (χ1n) is 10.7. The first kappa shape index (κ1) is 19.1. The fourth-order valence-electron chi connectivity index (χ4n) is 4.35. The summed E-state index contributed by atoms with van der Waals surface area (Å²) in [7, 11) is 1.94. The monoisotopic (exact) mass is 408 g/mol. The SMILES string of the molecule is Cn1ccc(N[C@H]2CC[C@@H](Oc3cc(N4CCOCC4)cc4ncncc34)CC2)n1. The van der Waals surface area contributed by atoms with Gasteiger partial charge in [0.1, 0.15) is 17.9 Å². The van der Waals surface area contributed by atoms with Gasteiger partial charge in [-0.05, 0) is 31.7 Å². The fraction of sp³-hybridized carbons (Fsp3) is 0.500. The molecule has 3 aromatic rings. The third kappa shape index (κ3) is 4.18. The van der Waals surface area contributed by atoms with E-state index in [0.717, 1.165) is 80.1 Å². The van der Waals surface area contributed by atoms with Crippen LogP contribution in [0.1, 0.15) is 25.7 Å².